The van der Waals surface area contributed by atoms with Crippen LogP contribution >= 0.6 is 0 Å². The van der Waals surface area contributed by atoms with Gasteiger partial charge >= 0.3 is 0 Å². The van der Waals surface area contributed by atoms with Crippen molar-refractivity contribution in [3.8, 4) is 0 Å². The molecule has 10 heavy (non-hydrogen) atoms. The van der Waals surface area contributed by atoms with E-state index in [0.29, 0.717) is 13.0 Å². The van der Waals surface area contributed by atoms with E-state index < -0.39 is 10.1 Å². The van der Waals surface area contributed by atoms with Crippen molar-refractivity contribution in [2.24, 2.45) is 5.92 Å². The van der Waals surface area contributed by atoms with E-state index in [0.717, 1.165) is 0 Å². The predicted octanol–water partition coefficient (Wildman–Crippen LogP) is 0.886. The summed E-state index contributed by atoms with van der Waals surface area (Å²) >= 11 is 0. The molecule has 0 radical (unpaired) electrons. The summed E-state index contributed by atoms with van der Waals surface area (Å²) in [6, 6.07) is 0. The molecule has 1 atom stereocenters. The topological polar surface area (TPSA) is 43.4 Å². The van der Waals surface area contributed by atoms with Crippen LogP contribution in [0.5, 0.6) is 0 Å². The Hall–Kier alpha value is -0.350. The van der Waals surface area contributed by atoms with Gasteiger partial charge < -0.3 is 0 Å². The molecule has 0 aromatic heterocycles. The minimum atomic E-state index is -3.39. The van der Waals surface area contributed by atoms with Crippen LogP contribution in [0.15, 0.2) is 11.5 Å². The maximum atomic E-state index is 10.8. The quantitative estimate of drug-likeness (QED) is 0.497. The Balaban J connectivity index is 2.81. The normalized spacial score (nSPS) is 32.1. The number of hydrogen-bond acceptors (Lipinski definition) is 3. The van der Waals surface area contributed by atoms with E-state index in [-0.39, 0.29) is 10.8 Å². The zero-order valence-electron chi connectivity index (χ0n) is 5.83. The molecule has 4 heteroatoms. The first-order valence-electron chi connectivity index (χ1n) is 3.09. The highest BCUT2D eigenvalue weighted by Crippen LogP contribution is 2.23. The molecule has 3 nitrogen and oxygen atoms in total. The second-order valence-corrected chi connectivity index (χ2v) is 4.31. The zero-order chi connectivity index (χ0) is 7.78. The van der Waals surface area contributed by atoms with Gasteiger partial charge in [0, 0.05) is 0 Å². The monoisotopic (exact) mass is 162 g/mol. The third-order valence-corrected chi connectivity index (χ3v) is 2.76. The predicted molar refractivity (Wildman–Crippen MR) is 37.8 cm³/mol. The third kappa shape index (κ3) is 1.38. The van der Waals surface area contributed by atoms with Crippen LogP contribution in [0.2, 0.25) is 0 Å². The smallest absolute Gasteiger partial charge is 0.266 e. The Morgan fingerprint density at radius 1 is 1.70 bits per heavy atom. The summed E-state index contributed by atoms with van der Waals surface area (Å²) in [5.41, 5.74) is 0. The van der Waals surface area contributed by atoms with Crippen LogP contribution in [0.4, 0.5) is 0 Å². The van der Waals surface area contributed by atoms with E-state index in [1.807, 2.05) is 6.92 Å². The fraction of sp³-hybridized carbons (Fsp3) is 0.667. The zero-order valence-corrected chi connectivity index (χ0v) is 6.65. The fourth-order valence-corrected chi connectivity index (χ4v) is 1.91. The first kappa shape index (κ1) is 7.75. The van der Waals surface area contributed by atoms with E-state index in [9.17, 15) is 8.42 Å². The molecule has 1 aliphatic heterocycles. The standard InChI is InChI=1S/C6H10O3S/c1-5-3-6(2)10(7,8)9-4-5/h5H,2-4H2,1H3. The summed E-state index contributed by atoms with van der Waals surface area (Å²) in [4.78, 5) is 0.200. The molecule has 0 aromatic carbocycles. The lowest BCUT2D eigenvalue weighted by Crippen LogP contribution is -2.21. The van der Waals surface area contributed by atoms with Crippen molar-refractivity contribution in [3.63, 3.8) is 0 Å². The molecule has 1 rings (SSSR count). The molecule has 58 valence electrons. The van der Waals surface area contributed by atoms with Crippen molar-refractivity contribution in [1.29, 1.82) is 0 Å². The molecular weight excluding hydrogens is 152 g/mol. The van der Waals surface area contributed by atoms with Crippen molar-refractivity contribution < 1.29 is 12.6 Å². The molecule has 0 bridgehead atoms. The molecule has 1 unspecified atom stereocenters. The third-order valence-electron chi connectivity index (χ3n) is 1.44. The highest BCUT2D eigenvalue weighted by molar-refractivity contribution is 7.90. The lowest BCUT2D eigenvalue weighted by Gasteiger charge is -2.19. The fourth-order valence-electron chi connectivity index (χ4n) is 0.839. The SMILES string of the molecule is C=C1CC(C)COS1(=O)=O. The van der Waals surface area contributed by atoms with Gasteiger partial charge in [0.25, 0.3) is 10.1 Å². The summed E-state index contributed by atoms with van der Waals surface area (Å²) < 4.78 is 26.2. The van der Waals surface area contributed by atoms with Crippen molar-refractivity contribution in [2.45, 2.75) is 13.3 Å². The van der Waals surface area contributed by atoms with Crippen LogP contribution in [0, 0.1) is 5.92 Å². The number of hydrogen-bond donors (Lipinski definition) is 0. The van der Waals surface area contributed by atoms with Crippen molar-refractivity contribution in [3.05, 3.63) is 11.5 Å². The van der Waals surface area contributed by atoms with Gasteiger partial charge in [-0.25, -0.2) is 0 Å². The van der Waals surface area contributed by atoms with Gasteiger partial charge in [0.1, 0.15) is 0 Å². The van der Waals surface area contributed by atoms with E-state index in [4.69, 9.17) is 0 Å². The molecule has 0 N–H and O–H groups in total. The van der Waals surface area contributed by atoms with Crippen LogP contribution in [0.25, 0.3) is 0 Å². The molecule has 1 saturated heterocycles. The van der Waals surface area contributed by atoms with E-state index in [2.05, 4.69) is 10.8 Å². The maximum Gasteiger partial charge on any atom is 0.292 e. The molecule has 0 amide bonds. The average molecular weight is 162 g/mol. The van der Waals surface area contributed by atoms with Gasteiger partial charge in [0.15, 0.2) is 0 Å². The Bertz CT molecular complexity index is 240. The number of rotatable bonds is 0. The van der Waals surface area contributed by atoms with Gasteiger partial charge in [-0.1, -0.05) is 13.5 Å². The molecular formula is C6H10O3S. The lowest BCUT2D eigenvalue weighted by atomic mass is 10.1. The van der Waals surface area contributed by atoms with Gasteiger partial charge in [-0.3, -0.25) is 4.18 Å². The molecule has 1 aliphatic rings. The molecule has 1 heterocycles. The van der Waals surface area contributed by atoms with Crippen LogP contribution in [-0.4, -0.2) is 15.0 Å². The largest absolute Gasteiger partial charge is 0.292 e. The Morgan fingerprint density at radius 3 is 2.70 bits per heavy atom. The molecule has 0 aliphatic carbocycles. The highest BCUT2D eigenvalue weighted by Gasteiger charge is 2.25. The summed E-state index contributed by atoms with van der Waals surface area (Å²) in [7, 11) is -3.39. The van der Waals surface area contributed by atoms with Gasteiger partial charge in [-0.2, -0.15) is 8.42 Å². The van der Waals surface area contributed by atoms with Gasteiger partial charge in [0.2, 0.25) is 0 Å². The van der Waals surface area contributed by atoms with E-state index in [1.165, 1.54) is 0 Å². The Kier molecular flexibility index (Phi) is 1.83. The van der Waals surface area contributed by atoms with Crippen LogP contribution in [0.3, 0.4) is 0 Å². The Labute approximate surface area is 60.8 Å². The average Bonchev–Trinajstić information content (AvgIpc) is 1.81. The summed E-state index contributed by atoms with van der Waals surface area (Å²) in [6.07, 6.45) is 0.530. The van der Waals surface area contributed by atoms with Crippen molar-refractivity contribution in [2.75, 3.05) is 6.61 Å². The summed E-state index contributed by atoms with van der Waals surface area (Å²) in [6.45, 7) is 5.63. The van der Waals surface area contributed by atoms with Crippen LogP contribution in [0.1, 0.15) is 13.3 Å². The second kappa shape index (κ2) is 2.36. The minimum Gasteiger partial charge on any atom is -0.266 e. The van der Waals surface area contributed by atoms with Crippen LogP contribution < -0.4 is 0 Å². The number of allylic oxidation sites excluding steroid dienone is 1. The molecule has 0 aromatic rings. The second-order valence-electron chi connectivity index (χ2n) is 2.59. The van der Waals surface area contributed by atoms with E-state index >= 15 is 0 Å². The summed E-state index contributed by atoms with van der Waals surface area (Å²) in [5, 5.41) is 0. The summed E-state index contributed by atoms with van der Waals surface area (Å²) in [5.74, 6) is 0.274. The van der Waals surface area contributed by atoms with E-state index in [1.54, 1.807) is 0 Å². The molecule has 1 fully saturated rings. The van der Waals surface area contributed by atoms with Gasteiger partial charge in [-0.15, -0.1) is 0 Å². The van der Waals surface area contributed by atoms with Gasteiger partial charge in [0.05, 0.1) is 11.5 Å². The first-order chi connectivity index (χ1) is 4.52. The lowest BCUT2D eigenvalue weighted by molar-refractivity contribution is 0.250. The maximum absolute atomic E-state index is 10.8. The van der Waals surface area contributed by atoms with Gasteiger partial charge in [-0.05, 0) is 12.3 Å². The molecule has 0 saturated carbocycles. The highest BCUT2D eigenvalue weighted by atomic mass is 32.2. The molecule has 0 spiro atoms. The van der Waals surface area contributed by atoms with Crippen molar-refractivity contribution in [1.82, 2.24) is 0 Å². The first-order valence-corrected chi connectivity index (χ1v) is 4.50. The van der Waals surface area contributed by atoms with Crippen molar-refractivity contribution >= 4 is 10.1 Å². The minimum absolute atomic E-state index is 0.200. The Morgan fingerprint density at radius 2 is 2.30 bits per heavy atom. The van der Waals surface area contributed by atoms with Crippen LogP contribution in [-0.2, 0) is 14.3 Å².